The summed E-state index contributed by atoms with van der Waals surface area (Å²) in [6.07, 6.45) is 1.25. The molecular formula is C25H27NO5S2. The van der Waals surface area contributed by atoms with Gasteiger partial charge in [0.05, 0.1) is 12.4 Å². The Labute approximate surface area is 203 Å². The van der Waals surface area contributed by atoms with Gasteiger partial charge in [-0.1, -0.05) is 37.3 Å². The highest BCUT2D eigenvalue weighted by Gasteiger charge is 2.26. The minimum Gasteiger partial charge on any atom is -0.507 e. The number of phenols is 1. The van der Waals surface area contributed by atoms with Gasteiger partial charge in [0.15, 0.2) is 0 Å². The van der Waals surface area contributed by atoms with Crippen LogP contribution in [0.1, 0.15) is 25.0 Å². The van der Waals surface area contributed by atoms with Crippen LogP contribution in [0.15, 0.2) is 65.6 Å². The van der Waals surface area contributed by atoms with Crippen LogP contribution in [0, 0.1) is 5.92 Å². The molecule has 0 aliphatic heterocycles. The predicted molar refractivity (Wildman–Crippen MR) is 135 cm³/mol. The van der Waals surface area contributed by atoms with Crippen molar-refractivity contribution in [3.63, 3.8) is 0 Å². The van der Waals surface area contributed by atoms with Crippen LogP contribution in [0.4, 0.5) is 10.5 Å². The van der Waals surface area contributed by atoms with Gasteiger partial charge in [-0.25, -0.2) is 4.79 Å². The maximum atomic E-state index is 12.8. The number of carbonyl (C=O) groups is 2. The van der Waals surface area contributed by atoms with E-state index in [4.69, 9.17) is 9.47 Å². The van der Waals surface area contributed by atoms with Crippen LogP contribution < -0.4 is 5.32 Å². The van der Waals surface area contributed by atoms with Crippen LogP contribution in [-0.4, -0.2) is 35.8 Å². The first-order chi connectivity index (χ1) is 15.9. The van der Waals surface area contributed by atoms with Crippen molar-refractivity contribution in [2.24, 2.45) is 5.92 Å². The van der Waals surface area contributed by atoms with Gasteiger partial charge in [0, 0.05) is 27.5 Å². The van der Waals surface area contributed by atoms with E-state index in [1.165, 1.54) is 0 Å². The summed E-state index contributed by atoms with van der Waals surface area (Å²) in [7, 11) is 0. The van der Waals surface area contributed by atoms with Crippen LogP contribution in [0.25, 0.3) is 10.8 Å². The fraction of sp³-hybridized carbons (Fsp3) is 0.280. The van der Waals surface area contributed by atoms with Gasteiger partial charge in [-0.15, -0.1) is 11.8 Å². The first-order valence-electron chi connectivity index (χ1n) is 10.5. The Morgan fingerprint density at radius 1 is 1.06 bits per heavy atom. The first-order valence-corrected chi connectivity index (χ1v) is 12.4. The molecule has 1 amide bonds. The number of amides is 1. The number of aromatic hydroxyl groups is 1. The molecule has 6 nitrogen and oxygen atoms in total. The summed E-state index contributed by atoms with van der Waals surface area (Å²) >= 11 is 5.53. The molecule has 0 saturated heterocycles. The molecule has 2 atom stereocenters. The third kappa shape index (κ3) is 6.58. The quantitative estimate of drug-likeness (QED) is 0.194. The predicted octanol–water partition coefficient (Wildman–Crippen LogP) is 6.06. The Bertz CT molecular complexity index is 1100. The smallest absolute Gasteiger partial charge is 0.412 e. The molecule has 174 valence electrons. The van der Waals surface area contributed by atoms with Crippen molar-refractivity contribution in [2.75, 3.05) is 23.9 Å². The fourth-order valence-corrected chi connectivity index (χ4v) is 4.03. The molecule has 0 radical (unpaired) electrons. The van der Waals surface area contributed by atoms with Gasteiger partial charge < -0.3 is 14.6 Å². The molecule has 0 bridgehead atoms. The van der Waals surface area contributed by atoms with E-state index in [9.17, 15) is 14.7 Å². The molecule has 0 aromatic heterocycles. The summed E-state index contributed by atoms with van der Waals surface area (Å²) in [5, 5.41) is 14.5. The Hall–Kier alpha value is -2.84. The van der Waals surface area contributed by atoms with E-state index >= 15 is 0 Å². The second-order valence-electron chi connectivity index (χ2n) is 7.54. The molecule has 8 heteroatoms. The number of anilines is 1. The molecule has 2 N–H and O–H groups in total. The van der Waals surface area contributed by atoms with Crippen molar-refractivity contribution >= 4 is 52.9 Å². The molecule has 0 fully saturated rings. The number of phenolic OH excluding ortho intramolecular Hbond substituents is 1. The van der Waals surface area contributed by atoms with Crippen LogP contribution in [0.5, 0.6) is 5.75 Å². The summed E-state index contributed by atoms with van der Waals surface area (Å²) in [4.78, 5) is 25.3. The molecule has 0 spiro atoms. The number of hydrogen-bond acceptors (Lipinski definition) is 7. The summed E-state index contributed by atoms with van der Waals surface area (Å²) in [6.45, 7) is 2.12. The zero-order valence-corrected chi connectivity index (χ0v) is 20.2. The lowest BCUT2D eigenvalue weighted by molar-refractivity contribution is -0.141. The minimum atomic E-state index is -0.629. The highest BCUT2D eigenvalue weighted by atomic mass is 32.2. The maximum absolute atomic E-state index is 12.8. The average Bonchev–Trinajstić information content (AvgIpc) is 2.83. The third-order valence-electron chi connectivity index (χ3n) is 5.29. The van der Waals surface area contributed by atoms with E-state index in [1.54, 1.807) is 23.9 Å². The van der Waals surface area contributed by atoms with Crippen molar-refractivity contribution in [1.82, 2.24) is 0 Å². The zero-order chi connectivity index (χ0) is 23.8. The molecule has 0 unspecified atom stereocenters. The minimum absolute atomic E-state index is 0.00857. The summed E-state index contributed by atoms with van der Waals surface area (Å²) in [5.41, 5.74) is 1.40. The van der Waals surface area contributed by atoms with Gasteiger partial charge in [-0.05, 0) is 48.4 Å². The Morgan fingerprint density at radius 2 is 1.76 bits per heavy atom. The molecule has 3 rings (SSSR count). The fourth-order valence-electron chi connectivity index (χ4n) is 3.53. The highest BCUT2D eigenvalue weighted by Crippen LogP contribution is 2.37. The number of carbonyl (C=O) groups excluding carboxylic acids is 2. The lowest BCUT2D eigenvalue weighted by atomic mass is 9.90. The number of hydrogen-bond donors (Lipinski definition) is 3. The van der Waals surface area contributed by atoms with E-state index in [1.807, 2.05) is 61.7 Å². The van der Waals surface area contributed by atoms with E-state index in [-0.39, 0.29) is 24.0 Å². The van der Waals surface area contributed by atoms with Gasteiger partial charge in [0.25, 0.3) is 0 Å². The number of rotatable bonds is 9. The van der Waals surface area contributed by atoms with Gasteiger partial charge in [-0.2, -0.15) is 12.6 Å². The molecular weight excluding hydrogens is 458 g/mol. The van der Waals surface area contributed by atoms with E-state index in [0.717, 1.165) is 15.8 Å². The summed E-state index contributed by atoms with van der Waals surface area (Å²) < 4.78 is 11.1. The van der Waals surface area contributed by atoms with Crippen molar-refractivity contribution in [3.8, 4) is 5.75 Å². The third-order valence-corrected chi connectivity index (χ3v) is 6.30. The summed E-state index contributed by atoms with van der Waals surface area (Å²) in [5.74, 6) is -0.407. The molecule has 3 aromatic rings. The Kier molecular flexibility index (Phi) is 8.91. The Morgan fingerprint density at radius 3 is 2.42 bits per heavy atom. The van der Waals surface area contributed by atoms with E-state index < -0.39 is 18.2 Å². The molecule has 0 aliphatic rings. The Balaban J connectivity index is 1.84. The largest absolute Gasteiger partial charge is 0.507 e. The highest BCUT2D eigenvalue weighted by molar-refractivity contribution is 7.98. The van der Waals surface area contributed by atoms with Crippen LogP contribution >= 0.6 is 24.4 Å². The van der Waals surface area contributed by atoms with Gasteiger partial charge in [-0.3, -0.25) is 10.1 Å². The van der Waals surface area contributed by atoms with Gasteiger partial charge in [0.2, 0.25) is 0 Å². The van der Waals surface area contributed by atoms with E-state index in [2.05, 4.69) is 17.9 Å². The number of thioether (sulfide) groups is 1. The second kappa shape index (κ2) is 11.9. The topological polar surface area (TPSA) is 84.9 Å². The van der Waals surface area contributed by atoms with Gasteiger partial charge >= 0.3 is 12.1 Å². The molecule has 0 saturated carbocycles. The van der Waals surface area contributed by atoms with Crippen molar-refractivity contribution in [2.45, 2.75) is 24.3 Å². The van der Waals surface area contributed by atoms with Crippen molar-refractivity contribution in [3.05, 3.63) is 66.2 Å². The monoisotopic (exact) mass is 485 g/mol. The number of nitrogens with one attached hydrogen (secondary N) is 1. The lowest BCUT2D eigenvalue weighted by Crippen LogP contribution is -2.23. The second-order valence-corrected chi connectivity index (χ2v) is 8.74. The van der Waals surface area contributed by atoms with Crippen molar-refractivity contribution < 1.29 is 24.2 Å². The van der Waals surface area contributed by atoms with Gasteiger partial charge in [0.1, 0.15) is 11.9 Å². The van der Waals surface area contributed by atoms with Crippen LogP contribution in [-0.2, 0) is 14.3 Å². The first kappa shape index (κ1) is 24.8. The normalized spacial score (nSPS) is 12.7. The molecule has 0 heterocycles. The maximum Gasteiger partial charge on any atom is 0.412 e. The number of esters is 1. The molecule has 0 aliphatic carbocycles. The van der Waals surface area contributed by atoms with Crippen LogP contribution in [0.2, 0.25) is 0 Å². The lowest BCUT2D eigenvalue weighted by Gasteiger charge is -2.26. The van der Waals surface area contributed by atoms with Crippen molar-refractivity contribution in [1.29, 1.82) is 0 Å². The SMILES string of the molecule is CSc1ccc(NC(=O)O[C@@H](c2ccc(O)c3ccccc23)[C@@H](C)CCOC(=O)CS)cc1. The average molecular weight is 486 g/mol. The number of fused-ring (bicyclic) bond motifs is 1. The summed E-state index contributed by atoms with van der Waals surface area (Å²) in [6, 6.07) is 18.2. The van der Waals surface area contributed by atoms with E-state index in [0.29, 0.717) is 17.5 Å². The standard InChI is InChI=1S/C25H27NO5S2/c1-16(13-14-30-23(28)15-32)24(21-11-12-22(27)20-6-4-3-5-19(20)21)31-25(29)26-17-7-9-18(33-2)10-8-17/h3-12,16,24,27,32H,13-15H2,1-2H3,(H,26,29)/t16-,24+/m0/s1. The number of ether oxygens (including phenoxy) is 2. The molecule has 3 aromatic carbocycles. The molecule has 33 heavy (non-hydrogen) atoms. The zero-order valence-electron chi connectivity index (χ0n) is 18.5. The van der Waals surface area contributed by atoms with Crippen LogP contribution in [0.3, 0.4) is 0 Å². The number of benzene rings is 3. The number of thiol groups is 1.